The first kappa shape index (κ1) is 16.3. The molecule has 1 fully saturated rings. The van der Waals surface area contributed by atoms with Gasteiger partial charge in [-0.25, -0.2) is 0 Å². The van der Waals surface area contributed by atoms with Crippen LogP contribution < -0.4 is 10.1 Å². The molecule has 2 heterocycles. The minimum Gasteiger partial charge on any atom is -0.486 e. The Morgan fingerprint density at radius 3 is 2.91 bits per heavy atom. The number of ether oxygens (including phenoxy) is 1. The Morgan fingerprint density at radius 2 is 2.22 bits per heavy atom. The van der Waals surface area contributed by atoms with Crippen LogP contribution in [0.2, 0.25) is 5.02 Å². The molecule has 0 aromatic heterocycles. The van der Waals surface area contributed by atoms with Crippen LogP contribution in [0.25, 0.3) is 0 Å². The maximum absolute atomic E-state index is 12.5. The molecule has 0 atom stereocenters. The number of nitrogens with one attached hydrogen (secondary N) is 1. The highest BCUT2D eigenvalue weighted by atomic mass is 35.5. The third kappa shape index (κ3) is 3.35. The number of carbonyl (C=O) groups is 1. The van der Waals surface area contributed by atoms with Gasteiger partial charge in [-0.05, 0) is 30.4 Å². The van der Waals surface area contributed by atoms with Crippen LogP contribution >= 0.6 is 23.8 Å². The number of piperidine rings is 1. The maximum atomic E-state index is 12.5. The van der Waals surface area contributed by atoms with E-state index in [0.29, 0.717) is 29.3 Å². The first-order valence-electron chi connectivity index (χ1n) is 7.68. The fraction of sp³-hybridized carbons (Fsp3) is 0.412. The Labute approximate surface area is 146 Å². The normalized spacial score (nSPS) is 19.0. The molecule has 23 heavy (non-hydrogen) atoms. The summed E-state index contributed by atoms with van der Waals surface area (Å²) in [6, 6.07) is 5.24. The predicted molar refractivity (Wildman–Crippen MR) is 95.4 cm³/mol. The van der Waals surface area contributed by atoms with Crippen molar-refractivity contribution in [2.75, 3.05) is 19.6 Å². The molecule has 0 amide bonds. The molecule has 0 aliphatic carbocycles. The number of carbonyl (C=O) groups excluding carboxylic acids is 1. The fourth-order valence-corrected chi connectivity index (χ4v) is 3.57. The number of hydrogen-bond donors (Lipinski definition) is 1. The van der Waals surface area contributed by atoms with Crippen LogP contribution in [0.3, 0.4) is 0 Å². The zero-order chi connectivity index (χ0) is 16.4. The summed E-state index contributed by atoms with van der Waals surface area (Å²) in [5.41, 5.74) is 0.177. The average molecular weight is 351 g/mol. The number of thiocarbonyl (C=S) groups is 1. The summed E-state index contributed by atoms with van der Waals surface area (Å²) in [5.74, 6) is 0.751. The lowest BCUT2D eigenvalue weighted by Crippen LogP contribution is -2.54. The van der Waals surface area contributed by atoms with Crippen LogP contribution in [0.5, 0.6) is 5.75 Å². The van der Waals surface area contributed by atoms with Gasteiger partial charge in [-0.2, -0.15) is 0 Å². The zero-order valence-electron chi connectivity index (χ0n) is 12.8. The molecule has 1 saturated heterocycles. The lowest BCUT2D eigenvalue weighted by Gasteiger charge is -2.44. The van der Waals surface area contributed by atoms with Gasteiger partial charge in [-0.3, -0.25) is 4.79 Å². The van der Waals surface area contributed by atoms with E-state index in [-0.39, 0.29) is 5.78 Å². The Kier molecular flexibility index (Phi) is 4.60. The summed E-state index contributed by atoms with van der Waals surface area (Å²) in [4.78, 5) is 14.6. The molecule has 2 aliphatic rings. The summed E-state index contributed by atoms with van der Waals surface area (Å²) in [6.45, 7) is 5.88. The van der Waals surface area contributed by atoms with Crippen LogP contribution in [0, 0.1) is 0 Å². The monoisotopic (exact) mass is 350 g/mol. The minimum absolute atomic E-state index is 0.106. The number of ketones is 1. The Hall–Kier alpha value is -1.59. The summed E-state index contributed by atoms with van der Waals surface area (Å²) >= 11 is 11.3. The molecule has 0 bridgehead atoms. The quantitative estimate of drug-likeness (QED) is 0.655. The molecule has 0 radical (unpaired) electrons. The van der Waals surface area contributed by atoms with Gasteiger partial charge in [0.05, 0.1) is 12.0 Å². The highest BCUT2D eigenvalue weighted by Crippen LogP contribution is 2.40. The van der Waals surface area contributed by atoms with Crippen LogP contribution in [0.4, 0.5) is 0 Å². The number of hydrogen-bond acceptors (Lipinski definition) is 3. The zero-order valence-corrected chi connectivity index (χ0v) is 14.4. The molecular weight excluding hydrogens is 332 g/mol. The number of halogens is 1. The SMILES string of the molecule is C=CCNC(=S)N1CCC2(CC1)CC(=O)c1cc(Cl)ccc1O2. The number of nitrogens with zero attached hydrogens (tertiary/aromatic N) is 1. The number of Topliss-reactive ketones (excluding diaryl/α,β-unsaturated/α-hetero) is 1. The number of rotatable bonds is 2. The number of fused-ring (bicyclic) bond motifs is 1. The standard InChI is InChI=1S/C17H19ClN2O2S/c1-2-7-19-16(23)20-8-5-17(6-9-20)11-14(21)13-10-12(18)3-4-15(13)22-17/h2-4,10H,1,5-9,11H2,(H,19,23). The molecule has 1 spiro atoms. The van der Waals surface area contributed by atoms with E-state index in [1.165, 1.54) is 0 Å². The van der Waals surface area contributed by atoms with E-state index in [4.69, 9.17) is 28.6 Å². The van der Waals surface area contributed by atoms with Gasteiger partial charge in [0.2, 0.25) is 0 Å². The number of benzene rings is 1. The highest BCUT2D eigenvalue weighted by molar-refractivity contribution is 7.80. The van der Waals surface area contributed by atoms with Crippen molar-refractivity contribution >= 4 is 34.7 Å². The third-order valence-corrected chi connectivity index (χ3v) is 5.05. The first-order chi connectivity index (χ1) is 11.0. The Balaban J connectivity index is 1.69. The van der Waals surface area contributed by atoms with Gasteiger partial charge in [0.25, 0.3) is 0 Å². The largest absolute Gasteiger partial charge is 0.486 e. The van der Waals surface area contributed by atoms with Gasteiger partial charge in [0, 0.05) is 37.5 Å². The molecule has 4 nitrogen and oxygen atoms in total. The van der Waals surface area contributed by atoms with Crippen molar-refractivity contribution in [1.82, 2.24) is 10.2 Å². The van der Waals surface area contributed by atoms with Crippen molar-refractivity contribution in [1.29, 1.82) is 0 Å². The minimum atomic E-state index is -0.414. The van der Waals surface area contributed by atoms with E-state index in [9.17, 15) is 4.79 Å². The van der Waals surface area contributed by atoms with Gasteiger partial charge in [-0.15, -0.1) is 6.58 Å². The molecule has 1 N–H and O–H groups in total. The molecule has 0 unspecified atom stereocenters. The van der Waals surface area contributed by atoms with Gasteiger partial charge in [0.15, 0.2) is 10.9 Å². The number of likely N-dealkylation sites (tertiary alicyclic amines) is 1. The summed E-state index contributed by atoms with van der Waals surface area (Å²) in [7, 11) is 0. The van der Waals surface area contributed by atoms with E-state index in [2.05, 4.69) is 16.8 Å². The van der Waals surface area contributed by atoms with Gasteiger partial charge in [-0.1, -0.05) is 17.7 Å². The van der Waals surface area contributed by atoms with Crippen LogP contribution in [0.1, 0.15) is 29.6 Å². The van der Waals surface area contributed by atoms with Gasteiger partial charge >= 0.3 is 0 Å². The van der Waals surface area contributed by atoms with E-state index < -0.39 is 5.60 Å². The fourth-order valence-electron chi connectivity index (χ4n) is 3.13. The maximum Gasteiger partial charge on any atom is 0.170 e. The molecule has 1 aromatic rings. The Bertz CT molecular complexity index is 654. The van der Waals surface area contributed by atoms with Crippen LogP contribution in [0.15, 0.2) is 30.9 Å². The van der Waals surface area contributed by atoms with Crippen molar-refractivity contribution in [2.45, 2.75) is 24.9 Å². The van der Waals surface area contributed by atoms with Crippen molar-refractivity contribution in [3.05, 3.63) is 41.4 Å². The van der Waals surface area contributed by atoms with E-state index in [1.54, 1.807) is 24.3 Å². The summed E-state index contributed by atoms with van der Waals surface area (Å²) in [6.07, 6.45) is 3.73. The van der Waals surface area contributed by atoms with Crippen LogP contribution in [-0.4, -0.2) is 41.0 Å². The van der Waals surface area contributed by atoms with Crippen molar-refractivity contribution in [3.63, 3.8) is 0 Å². The third-order valence-electron chi connectivity index (χ3n) is 4.41. The molecule has 1 aromatic carbocycles. The van der Waals surface area contributed by atoms with Crippen molar-refractivity contribution in [3.8, 4) is 5.75 Å². The summed E-state index contributed by atoms with van der Waals surface area (Å²) < 4.78 is 6.21. The second-order valence-electron chi connectivity index (χ2n) is 5.99. The summed E-state index contributed by atoms with van der Waals surface area (Å²) in [5, 5.41) is 4.43. The molecule has 2 aliphatic heterocycles. The second-order valence-corrected chi connectivity index (χ2v) is 6.81. The van der Waals surface area contributed by atoms with Gasteiger partial charge < -0.3 is 15.0 Å². The predicted octanol–water partition coefficient (Wildman–Crippen LogP) is 3.20. The average Bonchev–Trinajstić information content (AvgIpc) is 2.54. The first-order valence-corrected chi connectivity index (χ1v) is 8.47. The van der Waals surface area contributed by atoms with E-state index in [0.717, 1.165) is 31.0 Å². The van der Waals surface area contributed by atoms with E-state index in [1.807, 2.05) is 0 Å². The molecule has 3 rings (SSSR count). The van der Waals surface area contributed by atoms with Crippen molar-refractivity contribution in [2.24, 2.45) is 0 Å². The van der Waals surface area contributed by atoms with Crippen molar-refractivity contribution < 1.29 is 9.53 Å². The molecule has 6 heteroatoms. The molecular formula is C17H19ClN2O2S. The second kappa shape index (κ2) is 6.49. The smallest absolute Gasteiger partial charge is 0.170 e. The van der Waals surface area contributed by atoms with Gasteiger partial charge in [0.1, 0.15) is 11.4 Å². The highest BCUT2D eigenvalue weighted by Gasteiger charge is 2.43. The molecule has 0 saturated carbocycles. The lowest BCUT2D eigenvalue weighted by atomic mass is 9.82. The topological polar surface area (TPSA) is 41.6 Å². The van der Waals surface area contributed by atoms with Crippen LogP contribution in [-0.2, 0) is 0 Å². The Morgan fingerprint density at radius 1 is 1.48 bits per heavy atom. The molecule has 122 valence electrons. The van der Waals surface area contributed by atoms with E-state index >= 15 is 0 Å². The lowest BCUT2D eigenvalue weighted by molar-refractivity contribution is 0.00363.